The van der Waals surface area contributed by atoms with Gasteiger partial charge in [-0.05, 0) is 29.7 Å². The molecule has 2 aliphatic carbocycles. The highest BCUT2D eigenvalue weighted by Gasteiger charge is 2.47. The van der Waals surface area contributed by atoms with Crippen molar-refractivity contribution >= 4 is 23.1 Å². The second-order valence-corrected chi connectivity index (χ2v) is 9.84. The fraction of sp³-hybridized carbons (Fsp3) is 0.407. The Labute approximate surface area is 183 Å². The predicted octanol–water partition coefficient (Wildman–Crippen LogP) is 5.83. The molecule has 4 rings (SSSR count). The van der Waals surface area contributed by atoms with Gasteiger partial charge in [0, 0.05) is 44.9 Å². The van der Waals surface area contributed by atoms with E-state index in [9.17, 15) is 19.2 Å². The maximum absolute atomic E-state index is 13.1. The lowest BCUT2D eigenvalue weighted by atomic mass is 9.63. The first-order valence-electron chi connectivity index (χ1n) is 10.9. The molecule has 0 saturated heterocycles. The number of carbonyl (C=O) groups is 4. The summed E-state index contributed by atoms with van der Waals surface area (Å²) in [5.41, 5.74) is 1.85. The molecule has 0 saturated carbocycles. The van der Waals surface area contributed by atoms with E-state index in [-0.39, 0.29) is 29.1 Å². The summed E-state index contributed by atoms with van der Waals surface area (Å²) in [6, 6.07) is 10.6. The van der Waals surface area contributed by atoms with Gasteiger partial charge in [0.2, 0.25) is 0 Å². The van der Waals surface area contributed by atoms with Crippen LogP contribution in [-0.2, 0) is 0 Å². The van der Waals surface area contributed by atoms with Crippen LogP contribution in [0, 0.1) is 22.7 Å². The molecule has 4 nitrogen and oxygen atoms in total. The van der Waals surface area contributed by atoms with E-state index in [4.69, 9.17) is 0 Å². The number of hydrogen-bond acceptors (Lipinski definition) is 4. The number of carbonyl (C=O) groups excluding carboxylic acids is 4. The number of fused-ring (bicyclic) bond motifs is 2. The van der Waals surface area contributed by atoms with Crippen LogP contribution in [0.4, 0.5) is 0 Å². The normalized spacial score (nSPS) is 27.2. The van der Waals surface area contributed by atoms with Gasteiger partial charge < -0.3 is 0 Å². The van der Waals surface area contributed by atoms with E-state index in [1.807, 2.05) is 46.8 Å². The van der Waals surface area contributed by atoms with Gasteiger partial charge in [0.25, 0.3) is 0 Å². The van der Waals surface area contributed by atoms with Crippen molar-refractivity contribution in [3.05, 3.63) is 58.7 Å². The van der Waals surface area contributed by atoms with Crippen molar-refractivity contribution in [3.8, 4) is 11.1 Å². The highest BCUT2D eigenvalue weighted by atomic mass is 16.1. The lowest BCUT2D eigenvalue weighted by Gasteiger charge is -2.37. The number of ketones is 4. The molecule has 3 unspecified atom stereocenters. The van der Waals surface area contributed by atoms with Gasteiger partial charge in [-0.2, -0.15) is 0 Å². The fourth-order valence-electron chi connectivity index (χ4n) is 4.85. The standard InChI is InChI=1S/C27H28O4/c1-7-27(6)15(3)23(29)20-12-16(9-11-19(20)25(27)31)17-8-10-18-21(13-17)24(30)26(4,5)14(2)22(18)28/h8-15H,7H2,1-6H3. The van der Waals surface area contributed by atoms with Crippen LogP contribution < -0.4 is 0 Å². The zero-order chi connectivity index (χ0) is 22.9. The zero-order valence-electron chi connectivity index (χ0n) is 19.0. The highest BCUT2D eigenvalue weighted by molar-refractivity contribution is 6.19. The number of benzene rings is 2. The average Bonchev–Trinajstić information content (AvgIpc) is 2.78. The molecule has 2 aromatic rings. The van der Waals surface area contributed by atoms with E-state index < -0.39 is 16.7 Å². The molecule has 0 bridgehead atoms. The molecule has 4 heteroatoms. The van der Waals surface area contributed by atoms with Gasteiger partial charge in [0.05, 0.1) is 0 Å². The van der Waals surface area contributed by atoms with Crippen LogP contribution in [0.25, 0.3) is 11.1 Å². The number of Topliss-reactive ketones (excluding diaryl/α,β-unsaturated/α-hetero) is 4. The summed E-state index contributed by atoms with van der Waals surface area (Å²) < 4.78 is 0. The monoisotopic (exact) mass is 416 g/mol. The molecule has 0 aliphatic heterocycles. The zero-order valence-corrected chi connectivity index (χ0v) is 19.0. The van der Waals surface area contributed by atoms with Gasteiger partial charge in [-0.3, -0.25) is 19.2 Å². The van der Waals surface area contributed by atoms with Gasteiger partial charge in [0.1, 0.15) is 0 Å². The van der Waals surface area contributed by atoms with Crippen molar-refractivity contribution in [1.29, 1.82) is 0 Å². The van der Waals surface area contributed by atoms with Crippen LogP contribution >= 0.6 is 0 Å². The number of rotatable bonds is 2. The Hall–Kier alpha value is -2.88. The molecule has 3 atom stereocenters. The molecule has 31 heavy (non-hydrogen) atoms. The van der Waals surface area contributed by atoms with Crippen LogP contribution in [0.1, 0.15) is 89.4 Å². The Morgan fingerprint density at radius 1 is 0.677 bits per heavy atom. The maximum atomic E-state index is 13.1. The van der Waals surface area contributed by atoms with E-state index >= 15 is 0 Å². The molecule has 2 aromatic carbocycles. The van der Waals surface area contributed by atoms with Crippen LogP contribution in [0.3, 0.4) is 0 Å². The molecule has 0 amide bonds. The van der Waals surface area contributed by atoms with E-state index in [0.717, 1.165) is 11.1 Å². The lowest BCUT2D eigenvalue weighted by Crippen LogP contribution is -2.43. The Bertz CT molecular complexity index is 1170. The third-order valence-corrected chi connectivity index (χ3v) is 8.06. The molecule has 0 heterocycles. The number of hydrogen-bond donors (Lipinski definition) is 0. The largest absolute Gasteiger partial charge is 0.294 e. The molecule has 0 aromatic heterocycles. The minimum Gasteiger partial charge on any atom is -0.294 e. The van der Waals surface area contributed by atoms with Crippen LogP contribution in [0.2, 0.25) is 0 Å². The average molecular weight is 417 g/mol. The molecule has 0 radical (unpaired) electrons. The van der Waals surface area contributed by atoms with Gasteiger partial charge in [0.15, 0.2) is 23.1 Å². The molecule has 0 spiro atoms. The topological polar surface area (TPSA) is 68.3 Å². The third-order valence-electron chi connectivity index (χ3n) is 8.06. The second kappa shape index (κ2) is 6.81. The Morgan fingerprint density at radius 3 is 1.77 bits per heavy atom. The maximum Gasteiger partial charge on any atom is 0.170 e. The first-order chi connectivity index (χ1) is 14.4. The third kappa shape index (κ3) is 2.80. The summed E-state index contributed by atoms with van der Waals surface area (Å²) >= 11 is 0. The summed E-state index contributed by atoms with van der Waals surface area (Å²) in [5, 5.41) is 0. The highest BCUT2D eigenvalue weighted by Crippen LogP contribution is 2.44. The molecule has 2 aliphatic rings. The van der Waals surface area contributed by atoms with Gasteiger partial charge in [-0.25, -0.2) is 0 Å². The van der Waals surface area contributed by atoms with E-state index in [0.29, 0.717) is 28.7 Å². The summed E-state index contributed by atoms with van der Waals surface area (Å²) in [5.74, 6) is -0.860. The van der Waals surface area contributed by atoms with Crippen molar-refractivity contribution in [3.63, 3.8) is 0 Å². The van der Waals surface area contributed by atoms with Crippen LogP contribution in [-0.4, -0.2) is 23.1 Å². The Balaban J connectivity index is 1.83. The van der Waals surface area contributed by atoms with Crippen molar-refractivity contribution in [1.82, 2.24) is 0 Å². The van der Waals surface area contributed by atoms with Crippen LogP contribution in [0.15, 0.2) is 36.4 Å². The SMILES string of the molecule is CCC1(C)C(=O)c2ccc(-c3ccc4c(c3)C(=O)C(C)(C)C(C)C4=O)cc2C(=O)C1C. The second-order valence-electron chi connectivity index (χ2n) is 9.84. The van der Waals surface area contributed by atoms with Gasteiger partial charge >= 0.3 is 0 Å². The summed E-state index contributed by atoms with van der Waals surface area (Å²) in [6.07, 6.45) is 0.606. The van der Waals surface area contributed by atoms with Crippen molar-refractivity contribution in [2.24, 2.45) is 22.7 Å². The fourth-order valence-corrected chi connectivity index (χ4v) is 4.85. The Kier molecular flexibility index (Phi) is 4.69. The van der Waals surface area contributed by atoms with Gasteiger partial charge in [-0.15, -0.1) is 0 Å². The first-order valence-corrected chi connectivity index (χ1v) is 10.9. The van der Waals surface area contributed by atoms with Gasteiger partial charge in [-0.1, -0.05) is 65.8 Å². The predicted molar refractivity (Wildman–Crippen MR) is 120 cm³/mol. The first kappa shape index (κ1) is 21.4. The summed E-state index contributed by atoms with van der Waals surface area (Å²) in [4.78, 5) is 52.1. The minimum atomic E-state index is -0.763. The van der Waals surface area contributed by atoms with Crippen LogP contribution in [0.5, 0.6) is 0 Å². The molecular weight excluding hydrogens is 388 g/mol. The molecule has 0 fully saturated rings. The molecule has 0 N–H and O–H groups in total. The molecule has 160 valence electrons. The summed E-state index contributed by atoms with van der Waals surface area (Å²) in [7, 11) is 0. The minimum absolute atomic E-state index is 0.00519. The van der Waals surface area contributed by atoms with E-state index in [1.54, 1.807) is 31.2 Å². The van der Waals surface area contributed by atoms with Crippen molar-refractivity contribution in [2.45, 2.75) is 48.0 Å². The van der Waals surface area contributed by atoms with Crippen molar-refractivity contribution in [2.75, 3.05) is 0 Å². The lowest BCUT2D eigenvalue weighted by molar-refractivity contribution is 0.0591. The molecular formula is C27H28O4. The smallest absolute Gasteiger partial charge is 0.170 e. The Morgan fingerprint density at radius 2 is 1.19 bits per heavy atom. The quantitative estimate of drug-likeness (QED) is 0.618. The van der Waals surface area contributed by atoms with Crippen molar-refractivity contribution < 1.29 is 19.2 Å². The van der Waals surface area contributed by atoms with E-state index in [2.05, 4.69) is 0 Å². The summed E-state index contributed by atoms with van der Waals surface area (Å²) in [6.45, 7) is 11.0. The van der Waals surface area contributed by atoms with E-state index in [1.165, 1.54) is 0 Å².